The van der Waals surface area contributed by atoms with Crippen molar-refractivity contribution in [1.29, 1.82) is 0 Å². The molecule has 0 saturated carbocycles. The van der Waals surface area contributed by atoms with Crippen LogP contribution in [0.3, 0.4) is 0 Å². The summed E-state index contributed by atoms with van der Waals surface area (Å²) in [5.74, 6) is 0.778. The van der Waals surface area contributed by atoms with E-state index in [9.17, 15) is 0 Å². The van der Waals surface area contributed by atoms with Crippen LogP contribution in [0.25, 0.3) is 11.4 Å². The fourth-order valence-corrected chi connectivity index (χ4v) is 1.04. The fraction of sp³-hybridized carbons (Fsp3) is 0. The summed E-state index contributed by atoms with van der Waals surface area (Å²) in [6.45, 7) is 0. The van der Waals surface area contributed by atoms with E-state index >= 15 is 0 Å². The number of rotatable bonds is 0. The second-order valence-corrected chi connectivity index (χ2v) is 2.26. The van der Waals surface area contributed by atoms with E-state index < -0.39 is 0 Å². The molecule has 0 bridgehead atoms. The van der Waals surface area contributed by atoms with E-state index in [0.717, 1.165) is 11.4 Å². The van der Waals surface area contributed by atoms with Crippen molar-refractivity contribution in [3.8, 4) is 11.4 Å². The molecule has 1 N–H and O–H groups in total. The van der Waals surface area contributed by atoms with Crippen molar-refractivity contribution >= 4 is 41.2 Å². The topological polar surface area (TPSA) is 41.6 Å². The molecule has 2 aliphatic heterocycles. The summed E-state index contributed by atoms with van der Waals surface area (Å²) < 4.78 is 0. The Morgan fingerprint density at radius 1 is 1.36 bits per heavy atom. The van der Waals surface area contributed by atoms with Crippen LogP contribution in [0.1, 0.15) is 0 Å². The van der Waals surface area contributed by atoms with Crippen molar-refractivity contribution in [2.45, 2.75) is 0 Å². The van der Waals surface area contributed by atoms with Crippen molar-refractivity contribution in [2.75, 3.05) is 0 Å². The fourth-order valence-electron chi connectivity index (χ4n) is 0.836. The molecule has 2 heterocycles. The van der Waals surface area contributed by atoms with E-state index in [2.05, 4.69) is 15.0 Å². The Labute approximate surface area is 90.8 Å². The molecule has 11 heavy (non-hydrogen) atoms. The van der Waals surface area contributed by atoms with Gasteiger partial charge in [0, 0.05) is 6.20 Å². The second-order valence-electron chi connectivity index (χ2n) is 1.90. The summed E-state index contributed by atoms with van der Waals surface area (Å²) in [6.07, 6.45) is 3.21. The van der Waals surface area contributed by atoms with Gasteiger partial charge in [0.25, 0.3) is 0 Å². The average molecular weight is 178 g/mol. The average Bonchev–Trinajstić information content (AvgIpc) is 2.36. The first-order valence-corrected chi connectivity index (χ1v) is 3.19. The molecular formula is C6H5ClN3Na. The Bertz CT molecular complexity index is 322. The first-order valence-electron chi connectivity index (χ1n) is 2.81. The SMILES string of the molecule is Clc1nc[nH]c2nccc1-2.[NaH]. The summed E-state index contributed by atoms with van der Waals surface area (Å²) in [5.41, 5.74) is 0.865. The number of fused-ring (bicyclic) bond motifs is 1. The van der Waals surface area contributed by atoms with Crippen molar-refractivity contribution in [3.05, 3.63) is 23.7 Å². The van der Waals surface area contributed by atoms with Gasteiger partial charge in [-0.1, -0.05) is 11.6 Å². The molecule has 0 aliphatic carbocycles. The van der Waals surface area contributed by atoms with E-state index in [1.807, 2.05) is 6.07 Å². The van der Waals surface area contributed by atoms with E-state index in [-0.39, 0.29) is 29.6 Å². The Morgan fingerprint density at radius 2 is 2.18 bits per heavy atom. The third-order valence-corrected chi connectivity index (χ3v) is 1.60. The zero-order valence-corrected chi connectivity index (χ0v) is 5.76. The molecular weight excluding hydrogens is 173 g/mol. The Hall–Kier alpha value is -0.0900. The number of aromatic amines is 1. The van der Waals surface area contributed by atoms with Gasteiger partial charge in [-0.05, 0) is 6.07 Å². The van der Waals surface area contributed by atoms with Crippen LogP contribution in [0, 0.1) is 0 Å². The van der Waals surface area contributed by atoms with Gasteiger partial charge >= 0.3 is 29.6 Å². The van der Waals surface area contributed by atoms with Gasteiger partial charge < -0.3 is 4.98 Å². The number of nitrogens with one attached hydrogen (secondary N) is 1. The molecule has 52 valence electrons. The van der Waals surface area contributed by atoms with Gasteiger partial charge in [-0.15, -0.1) is 0 Å². The van der Waals surface area contributed by atoms with Crippen LogP contribution >= 0.6 is 11.6 Å². The predicted molar refractivity (Wildman–Crippen MR) is 45.2 cm³/mol. The molecule has 2 aliphatic rings. The molecule has 0 aromatic carbocycles. The van der Waals surface area contributed by atoms with Gasteiger partial charge in [-0.2, -0.15) is 0 Å². The molecule has 0 aromatic heterocycles. The van der Waals surface area contributed by atoms with Crippen LogP contribution in [0.4, 0.5) is 0 Å². The number of aromatic nitrogens is 3. The maximum absolute atomic E-state index is 5.73. The van der Waals surface area contributed by atoms with Gasteiger partial charge in [-0.25, -0.2) is 9.97 Å². The quantitative estimate of drug-likeness (QED) is 0.480. The van der Waals surface area contributed by atoms with Crippen LogP contribution in [-0.4, -0.2) is 44.5 Å². The molecule has 0 spiro atoms. The third-order valence-electron chi connectivity index (χ3n) is 1.30. The Kier molecular flexibility index (Phi) is 2.90. The van der Waals surface area contributed by atoms with Crippen LogP contribution < -0.4 is 0 Å². The molecule has 0 radical (unpaired) electrons. The van der Waals surface area contributed by atoms with Crippen LogP contribution in [0.2, 0.25) is 5.15 Å². The monoisotopic (exact) mass is 177 g/mol. The minimum atomic E-state index is 0. The first-order chi connectivity index (χ1) is 4.88. The molecule has 2 rings (SSSR count). The number of hydrogen-bond donors (Lipinski definition) is 1. The zero-order chi connectivity index (χ0) is 6.97. The molecule has 0 aromatic rings. The Morgan fingerprint density at radius 3 is 2.91 bits per heavy atom. The minimum absolute atomic E-state index is 0. The van der Waals surface area contributed by atoms with Gasteiger partial charge in [0.2, 0.25) is 0 Å². The van der Waals surface area contributed by atoms with Crippen molar-refractivity contribution < 1.29 is 0 Å². The van der Waals surface area contributed by atoms with Crippen LogP contribution in [0.5, 0.6) is 0 Å². The molecule has 0 saturated heterocycles. The van der Waals surface area contributed by atoms with Crippen LogP contribution in [-0.2, 0) is 0 Å². The van der Waals surface area contributed by atoms with Gasteiger partial charge in [0.15, 0.2) is 0 Å². The summed E-state index contributed by atoms with van der Waals surface area (Å²) in [5, 5.41) is 0.492. The van der Waals surface area contributed by atoms with E-state index in [4.69, 9.17) is 11.6 Å². The molecule has 0 atom stereocenters. The normalized spacial score (nSPS) is 9.55. The first kappa shape index (κ1) is 9.00. The van der Waals surface area contributed by atoms with E-state index in [1.165, 1.54) is 6.33 Å². The van der Waals surface area contributed by atoms with Crippen LogP contribution in [0.15, 0.2) is 18.6 Å². The summed E-state index contributed by atoms with van der Waals surface area (Å²) in [6, 6.07) is 1.82. The molecule has 3 nitrogen and oxygen atoms in total. The molecule has 0 amide bonds. The maximum atomic E-state index is 5.73. The van der Waals surface area contributed by atoms with E-state index in [0.29, 0.717) is 5.15 Å². The standard InChI is InChI=1S/C6H4ClN3.Na.H/c7-5-4-1-2-8-6(4)10-3-9-5;;/h1-3H,(H,8,9,10);;. The van der Waals surface area contributed by atoms with Crippen molar-refractivity contribution in [2.24, 2.45) is 0 Å². The van der Waals surface area contributed by atoms with Crippen molar-refractivity contribution in [1.82, 2.24) is 15.0 Å². The zero-order valence-electron chi connectivity index (χ0n) is 5.00. The second kappa shape index (κ2) is 3.54. The third kappa shape index (κ3) is 1.56. The molecule has 0 unspecified atom stereocenters. The summed E-state index contributed by atoms with van der Waals surface area (Å²) in [7, 11) is 0. The van der Waals surface area contributed by atoms with Gasteiger partial charge in [0.05, 0.1) is 11.9 Å². The molecule has 5 heteroatoms. The van der Waals surface area contributed by atoms with Gasteiger partial charge in [-0.3, -0.25) is 0 Å². The number of hydrogen-bond acceptors (Lipinski definition) is 2. The number of halogens is 1. The van der Waals surface area contributed by atoms with E-state index in [1.54, 1.807) is 6.20 Å². The number of H-pyrrole nitrogens is 1. The van der Waals surface area contributed by atoms with Crippen molar-refractivity contribution in [3.63, 3.8) is 0 Å². The summed E-state index contributed by atoms with van der Waals surface area (Å²) >= 11 is 5.73. The van der Waals surface area contributed by atoms with Gasteiger partial charge in [0.1, 0.15) is 11.0 Å². The molecule has 0 fully saturated rings. The Balaban J connectivity index is 0.000000605. The summed E-state index contributed by atoms with van der Waals surface area (Å²) in [4.78, 5) is 10.7. The predicted octanol–water partition coefficient (Wildman–Crippen LogP) is 0.914. The number of nitrogens with zero attached hydrogens (tertiary/aromatic N) is 2.